The second-order valence-corrected chi connectivity index (χ2v) is 5.08. The minimum atomic E-state index is -1.07. The number of amides is 2. The number of fused-ring (bicyclic) bond motifs is 1. The molecule has 3 N–H and O–H groups in total. The Balaban J connectivity index is 1.91. The number of carbonyl (C=O) groups is 2. The lowest BCUT2D eigenvalue weighted by Gasteiger charge is -2.09. The molecule has 2 aromatic rings. The number of thiazole rings is 1. The molecule has 0 aliphatic rings. The SMILES string of the molecule is CC(NC(=O)NCc1nc2ccccc2s1)C(=O)O. The van der Waals surface area contributed by atoms with Crippen LogP contribution in [0, 0.1) is 0 Å². The lowest BCUT2D eigenvalue weighted by atomic mass is 10.3. The summed E-state index contributed by atoms with van der Waals surface area (Å²) in [6, 6.07) is 6.26. The van der Waals surface area contributed by atoms with Crippen LogP contribution >= 0.6 is 11.3 Å². The number of aromatic nitrogens is 1. The fourth-order valence-electron chi connectivity index (χ4n) is 1.46. The molecule has 1 heterocycles. The van der Waals surface area contributed by atoms with E-state index in [0.29, 0.717) is 0 Å². The Kier molecular flexibility index (Phi) is 3.96. The number of carboxylic acids is 1. The van der Waals surface area contributed by atoms with Crippen LogP contribution in [0.2, 0.25) is 0 Å². The maximum atomic E-state index is 11.4. The van der Waals surface area contributed by atoms with Gasteiger partial charge in [0.25, 0.3) is 0 Å². The van der Waals surface area contributed by atoms with E-state index in [1.165, 1.54) is 18.3 Å². The quantitative estimate of drug-likeness (QED) is 0.792. The van der Waals surface area contributed by atoms with Crippen molar-refractivity contribution in [2.24, 2.45) is 0 Å². The first kappa shape index (κ1) is 13.3. The smallest absolute Gasteiger partial charge is 0.325 e. The van der Waals surface area contributed by atoms with Crippen molar-refractivity contribution in [1.29, 1.82) is 0 Å². The first-order valence-corrected chi connectivity index (χ1v) is 6.49. The van der Waals surface area contributed by atoms with Crippen LogP contribution in [0.4, 0.5) is 4.79 Å². The summed E-state index contributed by atoms with van der Waals surface area (Å²) in [7, 11) is 0. The van der Waals surface area contributed by atoms with Crippen LogP contribution in [0.15, 0.2) is 24.3 Å². The number of urea groups is 1. The van der Waals surface area contributed by atoms with Crippen molar-refractivity contribution in [3.8, 4) is 0 Å². The molecular formula is C12H13N3O3S. The van der Waals surface area contributed by atoms with Gasteiger partial charge in [-0.1, -0.05) is 12.1 Å². The fourth-order valence-corrected chi connectivity index (χ4v) is 2.37. The molecule has 0 aliphatic heterocycles. The highest BCUT2D eigenvalue weighted by molar-refractivity contribution is 7.18. The number of nitrogens with zero attached hydrogens (tertiary/aromatic N) is 1. The predicted octanol–water partition coefficient (Wildman–Crippen LogP) is 1.57. The maximum Gasteiger partial charge on any atom is 0.325 e. The molecule has 1 unspecified atom stereocenters. The van der Waals surface area contributed by atoms with E-state index in [0.717, 1.165) is 15.2 Å². The largest absolute Gasteiger partial charge is 0.480 e. The van der Waals surface area contributed by atoms with E-state index in [4.69, 9.17) is 5.11 Å². The molecule has 0 spiro atoms. The number of aliphatic carboxylic acids is 1. The normalized spacial score (nSPS) is 12.1. The van der Waals surface area contributed by atoms with Crippen molar-refractivity contribution in [2.45, 2.75) is 19.5 Å². The summed E-state index contributed by atoms with van der Waals surface area (Å²) in [5.41, 5.74) is 0.892. The average molecular weight is 279 g/mol. The Labute approximate surface area is 113 Å². The van der Waals surface area contributed by atoms with Gasteiger partial charge in [-0.2, -0.15) is 0 Å². The first-order valence-electron chi connectivity index (χ1n) is 5.68. The van der Waals surface area contributed by atoms with Gasteiger partial charge >= 0.3 is 12.0 Å². The molecule has 0 saturated heterocycles. The molecule has 0 bridgehead atoms. The molecule has 7 heteroatoms. The third-order valence-electron chi connectivity index (χ3n) is 2.46. The number of carbonyl (C=O) groups excluding carboxylic acids is 1. The Hall–Kier alpha value is -2.15. The van der Waals surface area contributed by atoms with Crippen LogP contribution in [-0.4, -0.2) is 28.1 Å². The third-order valence-corrected chi connectivity index (χ3v) is 3.49. The lowest BCUT2D eigenvalue weighted by molar-refractivity contribution is -0.138. The minimum absolute atomic E-state index is 0.275. The van der Waals surface area contributed by atoms with Gasteiger partial charge in [-0.15, -0.1) is 11.3 Å². The molecule has 0 radical (unpaired) electrons. The minimum Gasteiger partial charge on any atom is -0.480 e. The highest BCUT2D eigenvalue weighted by atomic mass is 32.1. The zero-order valence-electron chi connectivity index (χ0n) is 10.2. The topological polar surface area (TPSA) is 91.3 Å². The molecule has 2 amide bonds. The van der Waals surface area contributed by atoms with Crippen LogP contribution in [0.3, 0.4) is 0 Å². The monoisotopic (exact) mass is 279 g/mol. The van der Waals surface area contributed by atoms with Gasteiger partial charge in [-0.05, 0) is 19.1 Å². The second-order valence-electron chi connectivity index (χ2n) is 3.96. The zero-order valence-corrected chi connectivity index (χ0v) is 11.0. The summed E-state index contributed by atoms with van der Waals surface area (Å²) in [6.07, 6.45) is 0. The molecule has 1 aromatic heterocycles. The Morgan fingerprint density at radius 1 is 1.42 bits per heavy atom. The van der Waals surface area contributed by atoms with Gasteiger partial charge in [-0.3, -0.25) is 4.79 Å². The van der Waals surface area contributed by atoms with Gasteiger partial charge in [0, 0.05) is 0 Å². The summed E-state index contributed by atoms with van der Waals surface area (Å²) in [5.74, 6) is -1.07. The summed E-state index contributed by atoms with van der Waals surface area (Å²) in [5, 5.41) is 14.3. The lowest BCUT2D eigenvalue weighted by Crippen LogP contribution is -2.44. The zero-order chi connectivity index (χ0) is 13.8. The highest BCUT2D eigenvalue weighted by Gasteiger charge is 2.13. The number of rotatable bonds is 4. The van der Waals surface area contributed by atoms with E-state index in [9.17, 15) is 9.59 Å². The summed E-state index contributed by atoms with van der Waals surface area (Å²) in [6.45, 7) is 1.68. The van der Waals surface area contributed by atoms with Crippen LogP contribution in [0.25, 0.3) is 10.2 Å². The molecule has 0 aliphatic carbocycles. The molecule has 6 nitrogen and oxygen atoms in total. The number of benzene rings is 1. The van der Waals surface area contributed by atoms with E-state index in [1.807, 2.05) is 24.3 Å². The number of carboxylic acid groups (broad SMARTS) is 1. The molecule has 1 aromatic carbocycles. The first-order chi connectivity index (χ1) is 9.06. The standard InChI is InChI=1S/C12H13N3O3S/c1-7(11(16)17)14-12(18)13-6-10-15-8-4-2-3-5-9(8)19-10/h2-5,7H,6H2,1H3,(H,16,17)(H2,13,14,18). The van der Waals surface area contributed by atoms with Gasteiger partial charge in [0.1, 0.15) is 11.0 Å². The highest BCUT2D eigenvalue weighted by Crippen LogP contribution is 2.21. The van der Waals surface area contributed by atoms with Crippen LogP contribution in [-0.2, 0) is 11.3 Å². The Morgan fingerprint density at radius 3 is 2.84 bits per heavy atom. The van der Waals surface area contributed by atoms with Gasteiger partial charge in [-0.25, -0.2) is 9.78 Å². The summed E-state index contributed by atoms with van der Waals surface area (Å²) >= 11 is 1.49. The van der Waals surface area contributed by atoms with Gasteiger partial charge < -0.3 is 15.7 Å². The molecular weight excluding hydrogens is 266 g/mol. The van der Waals surface area contributed by atoms with Gasteiger partial charge in [0.15, 0.2) is 0 Å². The Morgan fingerprint density at radius 2 is 2.16 bits per heavy atom. The Bertz CT molecular complexity index is 578. The predicted molar refractivity (Wildman–Crippen MR) is 72.1 cm³/mol. The molecule has 100 valence electrons. The van der Waals surface area contributed by atoms with Crippen LogP contribution in [0.1, 0.15) is 11.9 Å². The van der Waals surface area contributed by atoms with Crippen LogP contribution in [0.5, 0.6) is 0 Å². The average Bonchev–Trinajstić information content (AvgIpc) is 2.78. The van der Waals surface area contributed by atoms with E-state index >= 15 is 0 Å². The van der Waals surface area contributed by atoms with E-state index in [-0.39, 0.29) is 6.54 Å². The van der Waals surface area contributed by atoms with E-state index < -0.39 is 18.0 Å². The number of hydrogen-bond acceptors (Lipinski definition) is 4. The van der Waals surface area contributed by atoms with E-state index in [2.05, 4.69) is 15.6 Å². The number of hydrogen-bond donors (Lipinski definition) is 3. The molecule has 0 saturated carbocycles. The van der Waals surface area contributed by atoms with Crippen molar-refractivity contribution < 1.29 is 14.7 Å². The van der Waals surface area contributed by atoms with Gasteiger partial charge in [0.2, 0.25) is 0 Å². The molecule has 1 atom stereocenters. The third kappa shape index (κ3) is 3.41. The second kappa shape index (κ2) is 5.66. The number of nitrogens with one attached hydrogen (secondary N) is 2. The van der Waals surface area contributed by atoms with Crippen molar-refractivity contribution in [1.82, 2.24) is 15.6 Å². The van der Waals surface area contributed by atoms with Crippen molar-refractivity contribution in [3.05, 3.63) is 29.3 Å². The molecule has 19 heavy (non-hydrogen) atoms. The van der Waals surface area contributed by atoms with Crippen molar-refractivity contribution in [2.75, 3.05) is 0 Å². The van der Waals surface area contributed by atoms with E-state index in [1.54, 1.807) is 0 Å². The van der Waals surface area contributed by atoms with Crippen molar-refractivity contribution in [3.63, 3.8) is 0 Å². The van der Waals surface area contributed by atoms with Crippen molar-refractivity contribution >= 4 is 33.6 Å². The molecule has 0 fully saturated rings. The van der Waals surface area contributed by atoms with Crippen LogP contribution < -0.4 is 10.6 Å². The molecule has 2 rings (SSSR count). The maximum absolute atomic E-state index is 11.4. The van der Waals surface area contributed by atoms with Gasteiger partial charge in [0.05, 0.1) is 16.8 Å². The summed E-state index contributed by atoms with van der Waals surface area (Å²) in [4.78, 5) is 26.4. The fraction of sp³-hybridized carbons (Fsp3) is 0.250. The number of para-hydroxylation sites is 1. The summed E-state index contributed by atoms with van der Waals surface area (Å²) < 4.78 is 1.05.